The van der Waals surface area contributed by atoms with Gasteiger partial charge in [-0.25, -0.2) is 4.79 Å². The van der Waals surface area contributed by atoms with E-state index >= 15 is 0 Å². The summed E-state index contributed by atoms with van der Waals surface area (Å²) < 4.78 is 11.4. The third kappa shape index (κ3) is 5.99. The molecular weight excluding hydrogens is 458 g/mol. The number of nitrogens with zero attached hydrogens (tertiary/aromatic N) is 6. The van der Waals surface area contributed by atoms with Crippen LogP contribution in [0.5, 0.6) is 5.75 Å². The van der Waals surface area contributed by atoms with E-state index in [0.29, 0.717) is 37.2 Å². The quantitative estimate of drug-likeness (QED) is 0.627. The second-order valence-electron chi connectivity index (χ2n) is 9.51. The molecule has 4 heterocycles. The lowest BCUT2D eigenvalue weighted by Gasteiger charge is -2.37. The summed E-state index contributed by atoms with van der Waals surface area (Å²) in [6, 6.07) is 11.5. The highest BCUT2D eigenvalue weighted by molar-refractivity contribution is 5.91. The SMILES string of the molecule is CCOc1ccccc1NC(=O)N1CCN(c2ccc(N3CCN(CC4CCCO4)CC3)nn2)CC1. The number of aromatic nitrogens is 2. The van der Waals surface area contributed by atoms with Crippen molar-refractivity contribution in [2.45, 2.75) is 25.9 Å². The van der Waals surface area contributed by atoms with Crippen molar-refractivity contribution in [3.05, 3.63) is 36.4 Å². The van der Waals surface area contributed by atoms with E-state index in [9.17, 15) is 4.79 Å². The molecular formula is C26H37N7O3. The first-order chi connectivity index (χ1) is 17.7. The van der Waals surface area contributed by atoms with Crippen molar-refractivity contribution in [3.8, 4) is 5.75 Å². The lowest BCUT2D eigenvalue weighted by molar-refractivity contribution is 0.0712. The topological polar surface area (TPSA) is 86.3 Å². The molecule has 3 saturated heterocycles. The van der Waals surface area contributed by atoms with Crippen LogP contribution >= 0.6 is 0 Å². The molecule has 3 aliphatic rings. The van der Waals surface area contributed by atoms with Crippen LogP contribution in [0.4, 0.5) is 22.1 Å². The molecule has 3 aliphatic heterocycles. The number of hydrogen-bond acceptors (Lipinski definition) is 8. The fourth-order valence-electron chi connectivity index (χ4n) is 5.08. The fraction of sp³-hybridized carbons (Fsp3) is 0.577. The molecule has 3 fully saturated rings. The first-order valence-corrected chi connectivity index (χ1v) is 13.1. The number of anilines is 3. The lowest BCUT2D eigenvalue weighted by atomic mass is 10.2. The van der Waals surface area contributed by atoms with E-state index in [1.165, 1.54) is 12.8 Å². The van der Waals surface area contributed by atoms with E-state index in [-0.39, 0.29) is 6.03 Å². The predicted octanol–water partition coefficient (Wildman–Crippen LogP) is 2.53. The molecule has 1 aromatic carbocycles. The van der Waals surface area contributed by atoms with Crippen LogP contribution in [0.2, 0.25) is 0 Å². The number of rotatable bonds is 7. The molecule has 10 heteroatoms. The van der Waals surface area contributed by atoms with Crippen molar-refractivity contribution >= 4 is 23.4 Å². The summed E-state index contributed by atoms with van der Waals surface area (Å²) in [4.78, 5) is 21.6. The number of urea groups is 1. The molecule has 194 valence electrons. The van der Waals surface area contributed by atoms with Crippen molar-refractivity contribution in [1.82, 2.24) is 20.0 Å². The Morgan fingerprint density at radius 3 is 2.25 bits per heavy atom. The normalized spacial score (nSPS) is 21.0. The minimum atomic E-state index is -0.109. The van der Waals surface area contributed by atoms with Crippen molar-refractivity contribution in [1.29, 1.82) is 0 Å². The van der Waals surface area contributed by atoms with Gasteiger partial charge in [0.05, 0.1) is 18.4 Å². The van der Waals surface area contributed by atoms with Gasteiger partial charge < -0.3 is 29.5 Å². The van der Waals surface area contributed by atoms with Gasteiger partial charge in [0, 0.05) is 65.5 Å². The van der Waals surface area contributed by atoms with Gasteiger partial charge >= 0.3 is 6.03 Å². The van der Waals surface area contributed by atoms with Crippen molar-refractivity contribution < 1.29 is 14.3 Å². The summed E-state index contributed by atoms with van der Waals surface area (Å²) in [5, 5.41) is 12.0. The zero-order chi connectivity index (χ0) is 24.7. The van der Waals surface area contributed by atoms with E-state index in [2.05, 4.69) is 42.3 Å². The highest BCUT2D eigenvalue weighted by Gasteiger charge is 2.25. The maximum absolute atomic E-state index is 12.8. The smallest absolute Gasteiger partial charge is 0.322 e. The van der Waals surface area contributed by atoms with Crippen molar-refractivity contribution in [3.63, 3.8) is 0 Å². The van der Waals surface area contributed by atoms with Crippen LogP contribution in [0.25, 0.3) is 0 Å². The standard InChI is InChI=1S/C26H37N7O3/c1-2-35-23-8-4-3-7-22(23)27-26(34)33-17-15-32(16-18-33)25-10-9-24(28-29-25)31-13-11-30(12-14-31)20-21-6-5-19-36-21/h3-4,7-10,21H,2,5-6,11-20H2,1H3,(H,27,34). The summed E-state index contributed by atoms with van der Waals surface area (Å²) in [6.07, 6.45) is 2.79. The molecule has 1 aromatic heterocycles. The van der Waals surface area contributed by atoms with Gasteiger partial charge in [-0.05, 0) is 44.0 Å². The van der Waals surface area contributed by atoms with Gasteiger partial charge in [0.2, 0.25) is 0 Å². The predicted molar refractivity (Wildman–Crippen MR) is 140 cm³/mol. The van der Waals surface area contributed by atoms with Gasteiger partial charge in [-0.3, -0.25) is 4.90 Å². The molecule has 0 saturated carbocycles. The Bertz CT molecular complexity index is 983. The van der Waals surface area contributed by atoms with Crippen LogP contribution in [-0.2, 0) is 4.74 Å². The van der Waals surface area contributed by atoms with Gasteiger partial charge in [-0.1, -0.05) is 12.1 Å². The molecule has 1 unspecified atom stereocenters. The number of amides is 2. The van der Waals surface area contributed by atoms with Crippen molar-refractivity contribution in [2.24, 2.45) is 0 Å². The minimum absolute atomic E-state index is 0.109. The number of ether oxygens (including phenoxy) is 2. The number of para-hydroxylation sites is 2. The first-order valence-electron chi connectivity index (χ1n) is 13.1. The zero-order valence-corrected chi connectivity index (χ0v) is 21.1. The average molecular weight is 496 g/mol. The molecule has 0 aliphatic carbocycles. The minimum Gasteiger partial charge on any atom is -0.492 e. The highest BCUT2D eigenvalue weighted by Crippen LogP contribution is 2.24. The molecule has 1 atom stereocenters. The van der Waals surface area contributed by atoms with Gasteiger partial charge in [-0.15, -0.1) is 10.2 Å². The third-order valence-corrected chi connectivity index (χ3v) is 7.14. The number of hydrogen-bond donors (Lipinski definition) is 1. The molecule has 5 rings (SSSR count). The van der Waals surface area contributed by atoms with Crippen LogP contribution < -0.4 is 19.9 Å². The maximum Gasteiger partial charge on any atom is 0.322 e. The Morgan fingerprint density at radius 1 is 0.972 bits per heavy atom. The average Bonchev–Trinajstić information content (AvgIpc) is 3.44. The molecule has 0 bridgehead atoms. The van der Waals surface area contributed by atoms with E-state index in [4.69, 9.17) is 9.47 Å². The Hall–Kier alpha value is -3.11. The Labute approximate surface area is 213 Å². The molecule has 36 heavy (non-hydrogen) atoms. The van der Waals surface area contributed by atoms with Crippen LogP contribution in [0.3, 0.4) is 0 Å². The maximum atomic E-state index is 12.8. The second-order valence-corrected chi connectivity index (χ2v) is 9.51. The van der Waals surface area contributed by atoms with Crippen LogP contribution in [-0.4, -0.2) is 104 Å². The number of benzene rings is 1. The molecule has 2 aromatic rings. The largest absolute Gasteiger partial charge is 0.492 e. The lowest BCUT2D eigenvalue weighted by Crippen LogP contribution is -2.50. The van der Waals surface area contributed by atoms with Crippen molar-refractivity contribution in [2.75, 3.05) is 87.2 Å². The Balaban J connectivity index is 1.08. The van der Waals surface area contributed by atoms with Gasteiger partial charge in [0.1, 0.15) is 5.75 Å². The number of carbonyl (C=O) groups excluding carboxylic acids is 1. The second kappa shape index (κ2) is 11.7. The highest BCUT2D eigenvalue weighted by atomic mass is 16.5. The summed E-state index contributed by atoms with van der Waals surface area (Å²) in [5.41, 5.74) is 0.695. The molecule has 0 spiro atoms. The number of carbonyl (C=O) groups is 1. The van der Waals surface area contributed by atoms with Gasteiger partial charge in [0.25, 0.3) is 0 Å². The number of nitrogens with one attached hydrogen (secondary N) is 1. The van der Waals surface area contributed by atoms with E-state index in [1.54, 1.807) is 0 Å². The molecule has 1 N–H and O–H groups in total. The summed E-state index contributed by atoms with van der Waals surface area (Å²) in [7, 11) is 0. The Kier molecular flexibility index (Phi) is 8.02. The van der Waals surface area contributed by atoms with Gasteiger partial charge in [0.15, 0.2) is 11.6 Å². The van der Waals surface area contributed by atoms with E-state index in [0.717, 1.165) is 64.1 Å². The van der Waals surface area contributed by atoms with Crippen LogP contribution in [0, 0.1) is 0 Å². The summed E-state index contributed by atoms with van der Waals surface area (Å²) >= 11 is 0. The van der Waals surface area contributed by atoms with Gasteiger partial charge in [-0.2, -0.15) is 0 Å². The Morgan fingerprint density at radius 2 is 1.64 bits per heavy atom. The van der Waals surface area contributed by atoms with E-state index < -0.39 is 0 Å². The molecule has 10 nitrogen and oxygen atoms in total. The third-order valence-electron chi connectivity index (χ3n) is 7.14. The zero-order valence-electron chi connectivity index (χ0n) is 21.1. The number of piperazine rings is 2. The summed E-state index contributed by atoms with van der Waals surface area (Å²) in [6.45, 7) is 11.1. The first kappa shape index (κ1) is 24.6. The monoisotopic (exact) mass is 495 g/mol. The van der Waals surface area contributed by atoms with Crippen LogP contribution in [0.15, 0.2) is 36.4 Å². The van der Waals surface area contributed by atoms with E-state index in [1.807, 2.05) is 36.1 Å². The molecule has 2 amide bonds. The molecule has 0 radical (unpaired) electrons. The summed E-state index contributed by atoms with van der Waals surface area (Å²) in [5.74, 6) is 2.48. The van der Waals surface area contributed by atoms with Crippen LogP contribution in [0.1, 0.15) is 19.8 Å². The fourth-order valence-corrected chi connectivity index (χ4v) is 5.08.